The molecule has 2 aromatic rings. The van der Waals surface area contributed by atoms with Crippen LogP contribution in [0.1, 0.15) is 5.56 Å². The molecular formula is C14H11Cl2N3O2S. The number of nitrogens with one attached hydrogen (secondary N) is 2. The van der Waals surface area contributed by atoms with Gasteiger partial charge < -0.3 is 15.5 Å². The van der Waals surface area contributed by atoms with Gasteiger partial charge in [0.15, 0.2) is 5.11 Å². The van der Waals surface area contributed by atoms with Crippen molar-refractivity contribution in [1.82, 2.24) is 5.43 Å². The van der Waals surface area contributed by atoms with Crippen LogP contribution in [0.3, 0.4) is 0 Å². The summed E-state index contributed by atoms with van der Waals surface area (Å²) in [6, 6.07) is 9.12. The van der Waals surface area contributed by atoms with Crippen LogP contribution in [-0.4, -0.2) is 21.5 Å². The summed E-state index contributed by atoms with van der Waals surface area (Å²) in [5.74, 6) is -0.123. The Bertz CT molecular complexity index is 738. The number of hydrogen-bond donors (Lipinski definition) is 4. The predicted octanol–water partition coefficient (Wildman–Crippen LogP) is 3.73. The van der Waals surface area contributed by atoms with Crippen molar-refractivity contribution in [3.63, 3.8) is 0 Å². The lowest BCUT2D eigenvalue weighted by atomic mass is 10.2. The maximum absolute atomic E-state index is 9.60. The van der Waals surface area contributed by atoms with Crippen LogP contribution in [-0.2, 0) is 0 Å². The number of halogens is 2. The van der Waals surface area contributed by atoms with Gasteiger partial charge in [-0.3, -0.25) is 5.43 Å². The van der Waals surface area contributed by atoms with Crippen LogP contribution in [0.2, 0.25) is 10.0 Å². The first-order valence-electron chi connectivity index (χ1n) is 6.03. The van der Waals surface area contributed by atoms with Crippen LogP contribution in [0.4, 0.5) is 5.69 Å². The molecule has 0 atom stereocenters. The van der Waals surface area contributed by atoms with Crippen LogP contribution >= 0.6 is 35.4 Å². The van der Waals surface area contributed by atoms with Gasteiger partial charge in [-0.25, -0.2) is 0 Å². The Morgan fingerprint density at radius 2 is 1.91 bits per heavy atom. The van der Waals surface area contributed by atoms with Gasteiger partial charge in [0.2, 0.25) is 0 Å². The molecule has 0 heterocycles. The van der Waals surface area contributed by atoms with E-state index in [2.05, 4.69) is 15.8 Å². The molecule has 0 bridgehead atoms. The number of nitrogens with zero attached hydrogens (tertiary/aromatic N) is 1. The van der Waals surface area contributed by atoms with E-state index < -0.39 is 0 Å². The van der Waals surface area contributed by atoms with E-state index in [-0.39, 0.29) is 16.6 Å². The fourth-order valence-electron chi connectivity index (χ4n) is 1.54. The molecule has 22 heavy (non-hydrogen) atoms. The predicted molar refractivity (Wildman–Crippen MR) is 93.2 cm³/mol. The van der Waals surface area contributed by atoms with Crippen molar-refractivity contribution in [3.8, 4) is 11.5 Å². The van der Waals surface area contributed by atoms with Crippen molar-refractivity contribution >= 4 is 52.4 Å². The first kappa shape index (κ1) is 16.4. The van der Waals surface area contributed by atoms with Crippen molar-refractivity contribution in [1.29, 1.82) is 0 Å². The Morgan fingerprint density at radius 1 is 1.14 bits per heavy atom. The monoisotopic (exact) mass is 355 g/mol. The second kappa shape index (κ2) is 7.31. The Kier molecular flexibility index (Phi) is 5.43. The highest BCUT2D eigenvalue weighted by Gasteiger charge is 2.03. The molecule has 0 aliphatic rings. The van der Waals surface area contributed by atoms with Crippen LogP contribution in [0, 0.1) is 0 Å². The standard InChI is InChI=1S/C14H11Cl2N3O2S/c15-9-2-4-12(11(16)5-9)18-14(22)19-17-7-8-1-3-10(20)6-13(8)21/h1-7,20-21H,(H2,18,19,22)/b17-7+. The maximum Gasteiger partial charge on any atom is 0.191 e. The molecular weight excluding hydrogens is 345 g/mol. The van der Waals surface area contributed by atoms with Gasteiger partial charge in [-0.15, -0.1) is 0 Å². The Labute approximate surface area is 142 Å². The first-order valence-corrected chi connectivity index (χ1v) is 7.19. The van der Waals surface area contributed by atoms with Gasteiger partial charge >= 0.3 is 0 Å². The van der Waals surface area contributed by atoms with E-state index in [0.717, 1.165) is 0 Å². The Morgan fingerprint density at radius 3 is 2.59 bits per heavy atom. The maximum atomic E-state index is 9.60. The van der Waals surface area contributed by atoms with Crippen molar-refractivity contribution in [2.45, 2.75) is 0 Å². The highest BCUT2D eigenvalue weighted by Crippen LogP contribution is 2.25. The molecule has 0 saturated heterocycles. The Balaban J connectivity index is 1.96. The number of anilines is 1. The molecule has 5 nitrogen and oxygen atoms in total. The summed E-state index contributed by atoms with van der Waals surface area (Å²) in [4.78, 5) is 0. The van der Waals surface area contributed by atoms with Crippen LogP contribution in [0.25, 0.3) is 0 Å². The van der Waals surface area contributed by atoms with Gasteiger partial charge in [-0.1, -0.05) is 23.2 Å². The van der Waals surface area contributed by atoms with Gasteiger partial charge in [0.25, 0.3) is 0 Å². The molecule has 0 aliphatic heterocycles. The van der Waals surface area contributed by atoms with Crippen molar-refractivity contribution in [3.05, 3.63) is 52.0 Å². The molecule has 0 aromatic heterocycles. The number of hydrazone groups is 1. The van der Waals surface area contributed by atoms with Crippen LogP contribution in [0.5, 0.6) is 11.5 Å². The van der Waals surface area contributed by atoms with E-state index in [1.807, 2.05) is 0 Å². The Hall–Kier alpha value is -2.02. The van der Waals surface area contributed by atoms with E-state index in [4.69, 9.17) is 35.4 Å². The highest BCUT2D eigenvalue weighted by atomic mass is 35.5. The smallest absolute Gasteiger partial charge is 0.191 e. The zero-order valence-electron chi connectivity index (χ0n) is 11.0. The second-order valence-corrected chi connectivity index (χ2v) is 5.44. The first-order chi connectivity index (χ1) is 10.5. The van der Waals surface area contributed by atoms with E-state index in [9.17, 15) is 10.2 Å². The topological polar surface area (TPSA) is 76.9 Å². The van der Waals surface area contributed by atoms with Gasteiger partial charge in [-0.2, -0.15) is 5.10 Å². The molecule has 0 spiro atoms. The molecule has 0 amide bonds. The van der Waals surface area contributed by atoms with Gasteiger partial charge in [0, 0.05) is 16.7 Å². The molecule has 0 radical (unpaired) electrons. The van der Waals surface area contributed by atoms with Crippen molar-refractivity contribution < 1.29 is 10.2 Å². The van der Waals surface area contributed by atoms with E-state index in [0.29, 0.717) is 21.3 Å². The second-order valence-electron chi connectivity index (χ2n) is 4.19. The summed E-state index contributed by atoms with van der Waals surface area (Å²) in [6.45, 7) is 0. The summed E-state index contributed by atoms with van der Waals surface area (Å²) in [5, 5.41) is 26.7. The molecule has 0 saturated carbocycles. The molecule has 114 valence electrons. The summed E-state index contributed by atoms with van der Waals surface area (Å²) in [5.41, 5.74) is 3.61. The molecule has 2 rings (SSSR count). The average Bonchev–Trinajstić information content (AvgIpc) is 2.44. The largest absolute Gasteiger partial charge is 0.508 e. The molecule has 4 N–H and O–H groups in total. The van der Waals surface area contributed by atoms with Crippen LogP contribution < -0.4 is 10.7 Å². The molecule has 0 aliphatic carbocycles. The van der Waals surface area contributed by atoms with Crippen LogP contribution in [0.15, 0.2) is 41.5 Å². The summed E-state index contributed by atoms with van der Waals surface area (Å²) in [6.07, 6.45) is 1.37. The van der Waals surface area contributed by atoms with E-state index in [1.54, 1.807) is 18.2 Å². The summed E-state index contributed by atoms with van der Waals surface area (Å²) >= 11 is 16.9. The van der Waals surface area contributed by atoms with Crippen molar-refractivity contribution in [2.24, 2.45) is 5.10 Å². The van der Waals surface area contributed by atoms with Gasteiger partial charge in [-0.05, 0) is 42.5 Å². The average molecular weight is 356 g/mol. The number of aromatic hydroxyl groups is 2. The minimum Gasteiger partial charge on any atom is -0.508 e. The zero-order chi connectivity index (χ0) is 16.1. The minimum absolute atomic E-state index is 0.0304. The molecule has 0 unspecified atom stereocenters. The molecule has 8 heteroatoms. The third kappa shape index (κ3) is 4.49. The number of benzene rings is 2. The normalized spacial score (nSPS) is 10.6. The third-order valence-electron chi connectivity index (χ3n) is 2.56. The fourth-order valence-corrected chi connectivity index (χ4v) is 2.16. The number of hydrogen-bond acceptors (Lipinski definition) is 4. The van der Waals surface area contributed by atoms with Gasteiger partial charge in [0.1, 0.15) is 11.5 Å². The van der Waals surface area contributed by atoms with E-state index in [1.165, 1.54) is 24.4 Å². The minimum atomic E-state index is -0.0924. The lowest BCUT2D eigenvalue weighted by molar-refractivity contribution is 0.450. The number of rotatable bonds is 3. The number of phenolic OH excluding ortho intramolecular Hbond substituents is 2. The summed E-state index contributed by atoms with van der Waals surface area (Å²) < 4.78 is 0. The highest BCUT2D eigenvalue weighted by molar-refractivity contribution is 7.80. The fraction of sp³-hybridized carbons (Fsp3) is 0. The van der Waals surface area contributed by atoms with Gasteiger partial charge in [0.05, 0.1) is 16.9 Å². The SMILES string of the molecule is Oc1ccc(/C=N/NC(=S)Nc2ccc(Cl)cc2Cl)c(O)c1. The molecule has 2 aromatic carbocycles. The lowest BCUT2D eigenvalue weighted by Gasteiger charge is -2.08. The summed E-state index contributed by atoms with van der Waals surface area (Å²) in [7, 11) is 0. The van der Waals surface area contributed by atoms with Crippen molar-refractivity contribution in [2.75, 3.05) is 5.32 Å². The molecule has 0 fully saturated rings. The third-order valence-corrected chi connectivity index (χ3v) is 3.30. The quantitative estimate of drug-likeness (QED) is 0.383. The number of phenols is 2. The van der Waals surface area contributed by atoms with E-state index >= 15 is 0 Å². The number of thiocarbonyl (C=S) groups is 1. The zero-order valence-corrected chi connectivity index (χ0v) is 13.4. The lowest BCUT2D eigenvalue weighted by Crippen LogP contribution is -2.24.